The van der Waals surface area contributed by atoms with E-state index in [1.54, 1.807) is 6.07 Å². The molecule has 0 aliphatic rings. The summed E-state index contributed by atoms with van der Waals surface area (Å²) in [5.74, 6) is 1.49. The van der Waals surface area contributed by atoms with E-state index in [1.807, 2.05) is 12.1 Å². The fourth-order valence-corrected chi connectivity index (χ4v) is 2.21. The van der Waals surface area contributed by atoms with E-state index in [-0.39, 0.29) is 5.91 Å². The predicted molar refractivity (Wildman–Crippen MR) is 97.6 cm³/mol. The molecule has 5 heteroatoms. The number of hydrogen-bond donors (Lipinski definition) is 2. The zero-order valence-corrected chi connectivity index (χ0v) is 14.8. The van der Waals surface area contributed by atoms with E-state index in [1.165, 1.54) is 11.9 Å². The number of amides is 1. The first-order valence-corrected chi connectivity index (χ1v) is 8.43. The highest BCUT2D eigenvalue weighted by Crippen LogP contribution is 2.19. The van der Waals surface area contributed by atoms with Gasteiger partial charge in [-0.15, -0.1) is 0 Å². The maximum atomic E-state index is 12.1. The number of carbonyl (C=O) groups is 1. The highest BCUT2D eigenvalue weighted by atomic mass is 16.1. The number of nitrogens with one attached hydrogen (secondary N) is 2. The summed E-state index contributed by atoms with van der Waals surface area (Å²) in [6.07, 6.45) is 2.35. The SMILES string of the molecule is CC(C)CCNC(=O)c1cc(Nc2ccc(C(C)C)cc2)ncn1. The van der Waals surface area contributed by atoms with Gasteiger partial charge in [0.15, 0.2) is 0 Å². The third-order valence-corrected chi connectivity index (χ3v) is 3.76. The maximum absolute atomic E-state index is 12.1. The molecule has 2 aromatic rings. The van der Waals surface area contributed by atoms with Crippen LogP contribution >= 0.6 is 0 Å². The number of hydrogen-bond acceptors (Lipinski definition) is 4. The summed E-state index contributed by atoms with van der Waals surface area (Å²) in [5, 5.41) is 6.09. The summed E-state index contributed by atoms with van der Waals surface area (Å²) in [4.78, 5) is 20.4. The molecule has 0 aliphatic carbocycles. The summed E-state index contributed by atoms with van der Waals surface area (Å²) >= 11 is 0. The highest BCUT2D eigenvalue weighted by molar-refractivity contribution is 5.92. The van der Waals surface area contributed by atoms with Crippen LogP contribution in [0.15, 0.2) is 36.7 Å². The van der Waals surface area contributed by atoms with E-state index in [0.717, 1.165) is 12.1 Å². The second-order valence-electron chi connectivity index (χ2n) is 6.63. The monoisotopic (exact) mass is 326 g/mol. The second kappa shape index (κ2) is 8.43. The van der Waals surface area contributed by atoms with Crippen LogP contribution in [0.5, 0.6) is 0 Å². The van der Waals surface area contributed by atoms with Crippen molar-refractivity contribution in [2.24, 2.45) is 5.92 Å². The number of nitrogens with zero attached hydrogens (tertiary/aromatic N) is 2. The summed E-state index contributed by atoms with van der Waals surface area (Å²) in [7, 11) is 0. The van der Waals surface area contributed by atoms with Crippen molar-refractivity contribution >= 4 is 17.4 Å². The smallest absolute Gasteiger partial charge is 0.270 e. The molecule has 0 fully saturated rings. The van der Waals surface area contributed by atoms with Gasteiger partial charge in [-0.25, -0.2) is 9.97 Å². The molecule has 24 heavy (non-hydrogen) atoms. The largest absolute Gasteiger partial charge is 0.351 e. The van der Waals surface area contributed by atoms with Crippen LogP contribution in [0.2, 0.25) is 0 Å². The van der Waals surface area contributed by atoms with Crippen molar-refractivity contribution in [1.29, 1.82) is 0 Å². The van der Waals surface area contributed by atoms with Crippen LogP contribution in [0.3, 0.4) is 0 Å². The van der Waals surface area contributed by atoms with Crippen LogP contribution in [-0.2, 0) is 0 Å². The van der Waals surface area contributed by atoms with Gasteiger partial charge in [-0.1, -0.05) is 39.8 Å². The summed E-state index contributed by atoms with van der Waals surface area (Å²) < 4.78 is 0. The van der Waals surface area contributed by atoms with Crippen LogP contribution in [0.1, 0.15) is 56.1 Å². The molecule has 2 rings (SSSR count). The molecule has 0 aliphatic heterocycles. The Hall–Kier alpha value is -2.43. The van der Waals surface area contributed by atoms with Gasteiger partial charge in [-0.05, 0) is 36.0 Å². The minimum atomic E-state index is -0.170. The van der Waals surface area contributed by atoms with E-state index < -0.39 is 0 Å². The van der Waals surface area contributed by atoms with Gasteiger partial charge < -0.3 is 10.6 Å². The Morgan fingerprint density at radius 1 is 1.08 bits per heavy atom. The summed E-state index contributed by atoms with van der Waals surface area (Å²) in [6, 6.07) is 9.88. The Morgan fingerprint density at radius 2 is 1.79 bits per heavy atom. The zero-order chi connectivity index (χ0) is 17.5. The Labute approximate surface area is 143 Å². The predicted octanol–water partition coefficient (Wildman–Crippen LogP) is 4.12. The molecular formula is C19H26N4O. The van der Waals surface area contributed by atoms with Gasteiger partial charge >= 0.3 is 0 Å². The first-order valence-electron chi connectivity index (χ1n) is 8.43. The number of rotatable bonds is 7. The van der Waals surface area contributed by atoms with Crippen molar-refractivity contribution in [2.75, 3.05) is 11.9 Å². The van der Waals surface area contributed by atoms with Gasteiger partial charge in [0.1, 0.15) is 17.8 Å². The Kier molecular flexibility index (Phi) is 6.29. The molecule has 1 aromatic carbocycles. The fourth-order valence-electron chi connectivity index (χ4n) is 2.21. The van der Waals surface area contributed by atoms with E-state index in [4.69, 9.17) is 0 Å². The van der Waals surface area contributed by atoms with E-state index >= 15 is 0 Å². The molecule has 1 amide bonds. The first-order chi connectivity index (χ1) is 11.5. The molecule has 5 nitrogen and oxygen atoms in total. The van der Waals surface area contributed by atoms with Crippen molar-refractivity contribution in [3.8, 4) is 0 Å². The molecule has 0 bridgehead atoms. The lowest BCUT2D eigenvalue weighted by molar-refractivity contribution is 0.0947. The van der Waals surface area contributed by atoms with E-state index in [2.05, 4.69) is 60.4 Å². The molecule has 0 saturated carbocycles. The molecule has 0 spiro atoms. The van der Waals surface area contributed by atoms with Crippen molar-refractivity contribution in [1.82, 2.24) is 15.3 Å². The fraction of sp³-hybridized carbons (Fsp3) is 0.421. The number of carbonyl (C=O) groups excluding carboxylic acids is 1. The van der Waals surface area contributed by atoms with Crippen molar-refractivity contribution in [3.05, 3.63) is 47.9 Å². The van der Waals surface area contributed by atoms with Crippen molar-refractivity contribution in [2.45, 2.75) is 40.0 Å². The topological polar surface area (TPSA) is 66.9 Å². The van der Waals surface area contributed by atoms with E-state index in [9.17, 15) is 4.79 Å². The number of aromatic nitrogens is 2. The molecule has 2 N–H and O–H groups in total. The van der Waals surface area contributed by atoms with E-state index in [0.29, 0.717) is 29.9 Å². The Morgan fingerprint density at radius 3 is 2.42 bits per heavy atom. The third kappa shape index (κ3) is 5.33. The minimum absolute atomic E-state index is 0.170. The molecule has 0 saturated heterocycles. The second-order valence-corrected chi connectivity index (χ2v) is 6.63. The number of anilines is 2. The quantitative estimate of drug-likeness (QED) is 0.803. The van der Waals surface area contributed by atoms with Gasteiger partial charge in [0.25, 0.3) is 5.91 Å². The van der Waals surface area contributed by atoms with Crippen LogP contribution in [0, 0.1) is 5.92 Å². The molecule has 0 radical (unpaired) electrons. The van der Waals surface area contributed by atoms with Gasteiger partial charge in [-0.2, -0.15) is 0 Å². The third-order valence-electron chi connectivity index (χ3n) is 3.76. The van der Waals surface area contributed by atoms with Crippen LogP contribution in [-0.4, -0.2) is 22.4 Å². The Balaban J connectivity index is 2.00. The van der Waals surface area contributed by atoms with Gasteiger partial charge in [0.05, 0.1) is 0 Å². The summed E-state index contributed by atoms with van der Waals surface area (Å²) in [5.41, 5.74) is 2.59. The molecule has 0 unspecified atom stereocenters. The number of benzene rings is 1. The van der Waals surface area contributed by atoms with Crippen molar-refractivity contribution < 1.29 is 4.79 Å². The lowest BCUT2D eigenvalue weighted by Gasteiger charge is -2.10. The average Bonchev–Trinajstić information content (AvgIpc) is 2.55. The minimum Gasteiger partial charge on any atom is -0.351 e. The summed E-state index contributed by atoms with van der Waals surface area (Å²) in [6.45, 7) is 9.24. The zero-order valence-electron chi connectivity index (χ0n) is 14.8. The van der Waals surface area contributed by atoms with Gasteiger partial charge in [-0.3, -0.25) is 4.79 Å². The van der Waals surface area contributed by atoms with Crippen LogP contribution < -0.4 is 10.6 Å². The molecule has 1 heterocycles. The van der Waals surface area contributed by atoms with Gasteiger partial charge in [0.2, 0.25) is 0 Å². The average molecular weight is 326 g/mol. The Bertz CT molecular complexity index is 665. The van der Waals surface area contributed by atoms with Gasteiger partial charge in [0, 0.05) is 18.3 Å². The van der Waals surface area contributed by atoms with Crippen LogP contribution in [0.25, 0.3) is 0 Å². The maximum Gasteiger partial charge on any atom is 0.270 e. The normalized spacial score (nSPS) is 10.9. The van der Waals surface area contributed by atoms with Crippen LogP contribution in [0.4, 0.5) is 11.5 Å². The molecular weight excluding hydrogens is 300 g/mol. The molecule has 128 valence electrons. The van der Waals surface area contributed by atoms with Crippen molar-refractivity contribution in [3.63, 3.8) is 0 Å². The molecule has 1 aromatic heterocycles. The first kappa shape index (κ1) is 17.9. The standard InChI is InChI=1S/C19H26N4O/c1-13(2)9-10-20-19(24)17-11-18(22-12-21-17)23-16-7-5-15(6-8-16)14(3)4/h5-8,11-14H,9-10H2,1-4H3,(H,20,24)(H,21,22,23). The molecule has 0 atom stereocenters. The lowest BCUT2D eigenvalue weighted by Crippen LogP contribution is -2.26. The highest BCUT2D eigenvalue weighted by Gasteiger charge is 2.09. The lowest BCUT2D eigenvalue weighted by atomic mass is 10.0.